The average Bonchev–Trinajstić information content (AvgIpc) is 2.41. The SMILES string of the molecule is CC(CNc1ccccc1)Oc1ccc(Br)cc1F. The maximum atomic E-state index is 13.6. The number of nitrogens with one attached hydrogen (secondary N) is 1. The van der Waals surface area contributed by atoms with Crippen LogP contribution < -0.4 is 10.1 Å². The van der Waals surface area contributed by atoms with E-state index < -0.39 is 0 Å². The summed E-state index contributed by atoms with van der Waals surface area (Å²) in [4.78, 5) is 0. The number of benzene rings is 2. The van der Waals surface area contributed by atoms with Crippen LogP contribution in [0.25, 0.3) is 0 Å². The fourth-order valence-corrected chi connectivity index (χ4v) is 1.98. The number of hydrogen-bond donors (Lipinski definition) is 1. The van der Waals surface area contributed by atoms with E-state index in [1.54, 1.807) is 12.1 Å². The first-order valence-electron chi connectivity index (χ1n) is 6.06. The molecule has 2 aromatic rings. The highest BCUT2D eigenvalue weighted by Gasteiger charge is 2.08. The molecule has 19 heavy (non-hydrogen) atoms. The Kier molecular flexibility index (Phi) is 4.80. The number of halogens is 2. The zero-order chi connectivity index (χ0) is 13.7. The average molecular weight is 324 g/mol. The molecule has 0 aromatic heterocycles. The lowest BCUT2D eigenvalue weighted by molar-refractivity contribution is 0.224. The molecule has 4 heteroatoms. The monoisotopic (exact) mass is 323 g/mol. The van der Waals surface area contributed by atoms with Crippen molar-refractivity contribution in [2.24, 2.45) is 0 Å². The van der Waals surface area contributed by atoms with E-state index in [0.29, 0.717) is 11.0 Å². The highest BCUT2D eigenvalue weighted by atomic mass is 79.9. The van der Waals surface area contributed by atoms with E-state index in [1.807, 2.05) is 37.3 Å². The molecule has 0 spiro atoms. The normalized spacial score (nSPS) is 11.9. The van der Waals surface area contributed by atoms with Crippen molar-refractivity contribution in [1.29, 1.82) is 0 Å². The molecule has 1 unspecified atom stereocenters. The second-order valence-corrected chi connectivity index (χ2v) is 5.17. The van der Waals surface area contributed by atoms with Crippen molar-refractivity contribution in [2.75, 3.05) is 11.9 Å². The number of anilines is 1. The van der Waals surface area contributed by atoms with Gasteiger partial charge in [-0.25, -0.2) is 4.39 Å². The van der Waals surface area contributed by atoms with Crippen molar-refractivity contribution >= 4 is 21.6 Å². The Morgan fingerprint density at radius 2 is 1.95 bits per heavy atom. The third-order valence-corrected chi connectivity index (χ3v) is 3.08. The number of ether oxygens (including phenoxy) is 1. The first-order chi connectivity index (χ1) is 9.15. The lowest BCUT2D eigenvalue weighted by atomic mass is 10.3. The van der Waals surface area contributed by atoms with E-state index in [4.69, 9.17) is 4.74 Å². The first-order valence-corrected chi connectivity index (χ1v) is 6.85. The van der Waals surface area contributed by atoms with Gasteiger partial charge in [0.2, 0.25) is 0 Å². The third kappa shape index (κ3) is 4.24. The predicted octanol–water partition coefficient (Wildman–Crippen LogP) is 4.47. The molecule has 0 heterocycles. The van der Waals surface area contributed by atoms with Crippen LogP contribution in [0.5, 0.6) is 5.75 Å². The van der Waals surface area contributed by atoms with Gasteiger partial charge >= 0.3 is 0 Å². The van der Waals surface area contributed by atoms with Crippen molar-refractivity contribution in [1.82, 2.24) is 0 Å². The summed E-state index contributed by atoms with van der Waals surface area (Å²) in [6.45, 7) is 2.51. The van der Waals surface area contributed by atoms with E-state index in [-0.39, 0.29) is 17.7 Å². The summed E-state index contributed by atoms with van der Waals surface area (Å²) < 4.78 is 19.9. The van der Waals surface area contributed by atoms with Gasteiger partial charge < -0.3 is 10.1 Å². The number of para-hydroxylation sites is 1. The second-order valence-electron chi connectivity index (χ2n) is 4.25. The molecule has 2 rings (SSSR count). The van der Waals surface area contributed by atoms with Crippen molar-refractivity contribution in [3.63, 3.8) is 0 Å². The summed E-state index contributed by atoms with van der Waals surface area (Å²) in [7, 11) is 0. The molecule has 0 aliphatic rings. The van der Waals surface area contributed by atoms with Crippen LogP contribution in [-0.4, -0.2) is 12.6 Å². The van der Waals surface area contributed by atoms with Crippen molar-refractivity contribution in [3.8, 4) is 5.75 Å². The third-order valence-electron chi connectivity index (χ3n) is 2.59. The quantitative estimate of drug-likeness (QED) is 0.876. The smallest absolute Gasteiger partial charge is 0.166 e. The Morgan fingerprint density at radius 3 is 2.63 bits per heavy atom. The van der Waals surface area contributed by atoms with Gasteiger partial charge in [0, 0.05) is 10.2 Å². The molecular formula is C15H15BrFNO. The number of hydrogen-bond acceptors (Lipinski definition) is 2. The van der Waals surface area contributed by atoms with Gasteiger partial charge in [-0.05, 0) is 37.3 Å². The summed E-state index contributed by atoms with van der Waals surface area (Å²) in [5.41, 5.74) is 1.02. The van der Waals surface area contributed by atoms with Crippen LogP contribution in [0.4, 0.5) is 10.1 Å². The zero-order valence-corrected chi connectivity index (χ0v) is 12.2. The van der Waals surface area contributed by atoms with Gasteiger partial charge in [-0.3, -0.25) is 0 Å². The van der Waals surface area contributed by atoms with Crippen LogP contribution in [0.1, 0.15) is 6.92 Å². The Bertz CT molecular complexity index is 533. The molecule has 0 aliphatic carbocycles. The molecule has 100 valence electrons. The minimum atomic E-state index is -0.360. The van der Waals surface area contributed by atoms with Crippen molar-refractivity contribution in [2.45, 2.75) is 13.0 Å². The summed E-state index contributed by atoms with van der Waals surface area (Å²) in [6.07, 6.45) is -0.129. The maximum Gasteiger partial charge on any atom is 0.166 e. The van der Waals surface area contributed by atoms with Gasteiger partial charge in [0.1, 0.15) is 6.10 Å². The molecule has 0 saturated heterocycles. The molecular weight excluding hydrogens is 309 g/mol. The molecule has 2 nitrogen and oxygen atoms in total. The molecule has 2 aromatic carbocycles. The van der Waals surface area contributed by atoms with E-state index in [2.05, 4.69) is 21.2 Å². The van der Waals surface area contributed by atoms with E-state index >= 15 is 0 Å². The van der Waals surface area contributed by atoms with Gasteiger partial charge in [-0.15, -0.1) is 0 Å². The number of rotatable bonds is 5. The van der Waals surface area contributed by atoms with E-state index in [1.165, 1.54) is 6.07 Å². The van der Waals surface area contributed by atoms with Gasteiger partial charge in [-0.2, -0.15) is 0 Å². The fourth-order valence-electron chi connectivity index (χ4n) is 1.65. The van der Waals surface area contributed by atoms with Gasteiger partial charge in [0.05, 0.1) is 6.54 Å². The van der Waals surface area contributed by atoms with E-state index in [9.17, 15) is 4.39 Å². The predicted molar refractivity (Wildman–Crippen MR) is 79.1 cm³/mol. The minimum Gasteiger partial charge on any atom is -0.486 e. The molecule has 1 N–H and O–H groups in total. The summed E-state index contributed by atoms with van der Waals surface area (Å²) >= 11 is 3.22. The fraction of sp³-hybridized carbons (Fsp3) is 0.200. The van der Waals surface area contributed by atoms with Gasteiger partial charge in [0.15, 0.2) is 11.6 Å². The molecule has 0 aliphatic heterocycles. The second kappa shape index (κ2) is 6.57. The van der Waals surface area contributed by atoms with Gasteiger partial charge in [-0.1, -0.05) is 34.1 Å². The Labute approximate surface area is 120 Å². The molecule has 1 atom stereocenters. The Hall–Kier alpha value is -1.55. The zero-order valence-electron chi connectivity index (χ0n) is 10.6. The Balaban J connectivity index is 1.89. The summed E-state index contributed by atoms with van der Waals surface area (Å²) in [6, 6.07) is 14.6. The molecule has 0 bridgehead atoms. The van der Waals surface area contributed by atoms with E-state index in [0.717, 1.165) is 5.69 Å². The first kappa shape index (κ1) is 13.9. The van der Waals surface area contributed by atoms with Crippen LogP contribution in [0, 0.1) is 5.82 Å². The van der Waals surface area contributed by atoms with Crippen LogP contribution >= 0.6 is 15.9 Å². The minimum absolute atomic E-state index is 0.129. The molecule has 0 saturated carbocycles. The summed E-state index contributed by atoms with van der Waals surface area (Å²) in [5.74, 6) is -0.0912. The Morgan fingerprint density at radius 1 is 1.21 bits per heavy atom. The largest absolute Gasteiger partial charge is 0.486 e. The highest BCUT2D eigenvalue weighted by molar-refractivity contribution is 9.10. The molecule has 0 fully saturated rings. The van der Waals surface area contributed by atoms with Crippen LogP contribution in [0.3, 0.4) is 0 Å². The highest BCUT2D eigenvalue weighted by Crippen LogP contribution is 2.22. The maximum absolute atomic E-state index is 13.6. The lowest BCUT2D eigenvalue weighted by Crippen LogP contribution is -2.23. The molecule has 0 radical (unpaired) electrons. The van der Waals surface area contributed by atoms with Crippen LogP contribution in [0.15, 0.2) is 53.0 Å². The van der Waals surface area contributed by atoms with Crippen molar-refractivity contribution < 1.29 is 9.13 Å². The standard InChI is InChI=1S/C15H15BrFNO/c1-11(10-18-13-5-3-2-4-6-13)19-15-8-7-12(16)9-14(15)17/h2-9,11,18H,10H2,1H3. The topological polar surface area (TPSA) is 21.3 Å². The van der Waals surface area contributed by atoms with Crippen LogP contribution in [-0.2, 0) is 0 Å². The molecule has 0 amide bonds. The lowest BCUT2D eigenvalue weighted by Gasteiger charge is -2.16. The van der Waals surface area contributed by atoms with Gasteiger partial charge in [0.25, 0.3) is 0 Å². The summed E-state index contributed by atoms with van der Waals surface area (Å²) in [5, 5.41) is 3.24. The van der Waals surface area contributed by atoms with Crippen molar-refractivity contribution in [3.05, 3.63) is 58.8 Å². The van der Waals surface area contributed by atoms with Crippen LogP contribution in [0.2, 0.25) is 0 Å².